The molecular formula is C17H19F3N4O. The SMILES string of the molecule is Cn1ncc2c1CN([C@@H]1CO[C@H](c3cc(F)c(F)cc3F)C(N)C1)C2. The molecule has 1 unspecified atom stereocenters. The maximum atomic E-state index is 14.0. The average molecular weight is 352 g/mol. The van der Waals surface area contributed by atoms with E-state index >= 15 is 0 Å². The van der Waals surface area contributed by atoms with Crippen LogP contribution in [-0.4, -0.2) is 33.4 Å². The molecule has 25 heavy (non-hydrogen) atoms. The average Bonchev–Trinajstić information content (AvgIpc) is 3.14. The number of fused-ring (bicyclic) bond motifs is 1. The van der Waals surface area contributed by atoms with Crippen molar-refractivity contribution in [1.82, 2.24) is 14.7 Å². The van der Waals surface area contributed by atoms with Crippen LogP contribution in [0, 0.1) is 17.5 Å². The molecule has 3 atom stereocenters. The molecule has 1 saturated heterocycles. The fourth-order valence-corrected chi connectivity index (χ4v) is 3.74. The van der Waals surface area contributed by atoms with E-state index in [1.165, 1.54) is 11.3 Å². The van der Waals surface area contributed by atoms with Crippen molar-refractivity contribution in [3.8, 4) is 0 Å². The van der Waals surface area contributed by atoms with E-state index in [0.717, 1.165) is 19.2 Å². The van der Waals surface area contributed by atoms with Crippen LogP contribution in [0.25, 0.3) is 0 Å². The molecule has 8 heteroatoms. The predicted octanol–water partition coefficient (Wildman–Crippen LogP) is 2.01. The zero-order valence-electron chi connectivity index (χ0n) is 13.8. The molecule has 0 spiro atoms. The molecule has 0 aliphatic carbocycles. The van der Waals surface area contributed by atoms with Gasteiger partial charge in [0.05, 0.1) is 18.5 Å². The fourth-order valence-electron chi connectivity index (χ4n) is 3.74. The first-order valence-electron chi connectivity index (χ1n) is 8.19. The first-order valence-corrected chi connectivity index (χ1v) is 8.19. The van der Waals surface area contributed by atoms with Gasteiger partial charge >= 0.3 is 0 Å². The third-order valence-electron chi connectivity index (χ3n) is 5.14. The summed E-state index contributed by atoms with van der Waals surface area (Å²) in [6.07, 6.45) is 1.67. The summed E-state index contributed by atoms with van der Waals surface area (Å²) >= 11 is 0. The molecule has 2 aliphatic heterocycles. The number of hydrogen-bond acceptors (Lipinski definition) is 4. The Morgan fingerprint density at radius 1 is 1.16 bits per heavy atom. The van der Waals surface area contributed by atoms with Gasteiger partial charge in [-0.25, -0.2) is 13.2 Å². The number of nitrogens with two attached hydrogens (primary N) is 1. The Morgan fingerprint density at radius 2 is 1.92 bits per heavy atom. The number of rotatable bonds is 2. The first-order chi connectivity index (χ1) is 11.9. The summed E-state index contributed by atoms with van der Waals surface area (Å²) in [5.74, 6) is -3.15. The van der Waals surface area contributed by atoms with Gasteiger partial charge in [-0.05, 0) is 12.5 Å². The van der Waals surface area contributed by atoms with Crippen molar-refractivity contribution in [1.29, 1.82) is 0 Å². The lowest BCUT2D eigenvalue weighted by Crippen LogP contribution is -2.47. The van der Waals surface area contributed by atoms with Crippen LogP contribution >= 0.6 is 0 Å². The quantitative estimate of drug-likeness (QED) is 0.840. The van der Waals surface area contributed by atoms with Gasteiger partial charge in [-0.2, -0.15) is 5.10 Å². The molecule has 1 aromatic carbocycles. The van der Waals surface area contributed by atoms with Crippen LogP contribution in [-0.2, 0) is 24.9 Å². The summed E-state index contributed by atoms with van der Waals surface area (Å²) in [5.41, 5.74) is 8.51. The number of hydrogen-bond donors (Lipinski definition) is 1. The highest BCUT2D eigenvalue weighted by molar-refractivity contribution is 5.25. The molecule has 134 valence electrons. The zero-order chi connectivity index (χ0) is 17.7. The number of ether oxygens (including phenoxy) is 1. The molecule has 0 bridgehead atoms. The van der Waals surface area contributed by atoms with Gasteiger partial charge in [0, 0.05) is 49.4 Å². The van der Waals surface area contributed by atoms with Gasteiger partial charge in [0.2, 0.25) is 0 Å². The van der Waals surface area contributed by atoms with Gasteiger partial charge in [-0.15, -0.1) is 0 Å². The van der Waals surface area contributed by atoms with E-state index in [1.807, 2.05) is 17.9 Å². The fraction of sp³-hybridized carbons (Fsp3) is 0.471. The molecule has 2 N–H and O–H groups in total. The third-order valence-corrected chi connectivity index (χ3v) is 5.14. The van der Waals surface area contributed by atoms with Crippen LogP contribution in [0.3, 0.4) is 0 Å². The van der Waals surface area contributed by atoms with Crippen molar-refractivity contribution in [2.75, 3.05) is 6.61 Å². The monoisotopic (exact) mass is 352 g/mol. The lowest BCUT2D eigenvalue weighted by molar-refractivity contribution is -0.0534. The Labute approximate surface area is 143 Å². The minimum absolute atomic E-state index is 0.0289. The molecule has 4 rings (SSSR count). The minimum atomic E-state index is -1.22. The van der Waals surface area contributed by atoms with Crippen LogP contribution in [0.1, 0.15) is 29.3 Å². The second kappa shape index (κ2) is 6.12. The maximum Gasteiger partial charge on any atom is 0.161 e. The number of aromatic nitrogens is 2. The third kappa shape index (κ3) is 2.84. The van der Waals surface area contributed by atoms with Crippen LogP contribution < -0.4 is 5.73 Å². The molecule has 1 fully saturated rings. The number of benzene rings is 1. The largest absolute Gasteiger partial charge is 0.370 e. The Hall–Kier alpha value is -1.90. The highest BCUT2D eigenvalue weighted by atomic mass is 19.2. The lowest BCUT2D eigenvalue weighted by Gasteiger charge is -2.38. The molecule has 0 saturated carbocycles. The Kier molecular flexibility index (Phi) is 4.05. The summed E-state index contributed by atoms with van der Waals surface area (Å²) in [7, 11) is 1.91. The highest BCUT2D eigenvalue weighted by Gasteiger charge is 2.37. The van der Waals surface area contributed by atoms with Crippen molar-refractivity contribution in [3.63, 3.8) is 0 Å². The summed E-state index contributed by atoms with van der Waals surface area (Å²) in [6, 6.07) is 0.969. The smallest absolute Gasteiger partial charge is 0.161 e. The number of halogens is 3. The van der Waals surface area contributed by atoms with E-state index < -0.39 is 29.6 Å². The number of aryl methyl sites for hydroxylation is 1. The molecule has 0 amide bonds. The first kappa shape index (κ1) is 16.6. The highest BCUT2D eigenvalue weighted by Crippen LogP contribution is 2.34. The molecule has 1 aromatic heterocycles. The predicted molar refractivity (Wildman–Crippen MR) is 83.8 cm³/mol. The second-order valence-corrected chi connectivity index (χ2v) is 6.74. The van der Waals surface area contributed by atoms with Crippen molar-refractivity contribution < 1.29 is 17.9 Å². The van der Waals surface area contributed by atoms with Crippen molar-refractivity contribution in [2.24, 2.45) is 12.8 Å². The van der Waals surface area contributed by atoms with Gasteiger partial charge in [0.1, 0.15) is 11.9 Å². The summed E-state index contributed by atoms with van der Waals surface area (Å²) in [6.45, 7) is 1.89. The van der Waals surface area contributed by atoms with Gasteiger partial charge in [0.15, 0.2) is 11.6 Å². The molecule has 5 nitrogen and oxygen atoms in total. The normalized spacial score (nSPS) is 26.8. The Balaban J connectivity index is 1.47. The van der Waals surface area contributed by atoms with Gasteiger partial charge in [0.25, 0.3) is 0 Å². The lowest BCUT2D eigenvalue weighted by atomic mass is 9.93. The standard InChI is InChI=1S/C17H19F3N4O/c1-23-16-7-24(6-9(16)5-22-23)10-2-15(21)17(25-8-10)11-3-13(19)14(20)4-12(11)18/h3-5,10,15,17H,2,6-8,21H2,1H3/t10-,15?,17+/m0/s1. The maximum absolute atomic E-state index is 14.0. The van der Waals surface area contributed by atoms with E-state index in [0.29, 0.717) is 19.1 Å². The van der Waals surface area contributed by atoms with Crippen molar-refractivity contribution >= 4 is 0 Å². The summed E-state index contributed by atoms with van der Waals surface area (Å²) in [5, 5.41) is 4.24. The molecular weight excluding hydrogens is 333 g/mol. The van der Waals surface area contributed by atoms with Gasteiger partial charge in [-0.3, -0.25) is 9.58 Å². The van der Waals surface area contributed by atoms with Gasteiger partial charge in [-0.1, -0.05) is 0 Å². The van der Waals surface area contributed by atoms with Gasteiger partial charge < -0.3 is 10.5 Å². The number of nitrogens with zero attached hydrogens (tertiary/aromatic N) is 3. The van der Waals surface area contributed by atoms with Crippen molar-refractivity contribution in [2.45, 2.75) is 37.7 Å². The summed E-state index contributed by atoms with van der Waals surface area (Å²) in [4.78, 5) is 2.25. The molecule has 2 aliphatic rings. The molecule has 3 heterocycles. The summed E-state index contributed by atoms with van der Waals surface area (Å²) < 4.78 is 48.2. The van der Waals surface area contributed by atoms with Crippen LogP contribution in [0.5, 0.6) is 0 Å². The molecule has 2 aromatic rings. The van der Waals surface area contributed by atoms with E-state index in [-0.39, 0.29) is 11.6 Å². The van der Waals surface area contributed by atoms with E-state index in [2.05, 4.69) is 10.00 Å². The Bertz CT molecular complexity index is 809. The zero-order valence-corrected chi connectivity index (χ0v) is 13.8. The van der Waals surface area contributed by atoms with Crippen LogP contribution in [0.15, 0.2) is 18.3 Å². The van der Waals surface area contributed by atoms with Crippen LogP contribution in [0.4, 0.5) is 13.2 Å². The molecule has 0 radical (unpaired) electrons. The Morgan fingerprint density at radius 3 is 2.64 bits per heavy atom. The van der Waals surface area contributed by atoms with Crippen molar-refractivity contribution in [3.05, 3.63) is 52.6 Å². The van der Waals surface area contributed by atoms with E-state index in [9.17, 15) is 13.2 Å². The minimum Gasteiger partial charge on any atom is -0.370 e. The second-order valence-electron chi connectivity index (χ2n) is 6.74. The topological polar surface area (TPSA) is 56.3 Å². The van der Waals surface area contributed by atoms with E-state index in [1.54, 1.807) is 0 Å². The van der Waals surface area contributed by atoms with Crippen LogP contribution in [0.2, 0.25) is 0 Å². The van der Waals surface area contributed by atoms with E-state index in [4.69, 9.17) is 10.5 Å².